The summed E-state index contributed by atoms with van der Waals surface area (Å²) in [4.78, 5) is 31.3. The van der Waals surface area contributed by atoms with Crippen LogP contribution in [-0.4, -0.2) is 59.7 Å². The molecule has 2 aromatic carbocycles. The molecular formula is C23H25F2N3O2. The van der Waals surface area contributed by atoms with Gasteiger partial charge in [-0.25, -0.2) is 8.78 Å². The normalized spacial score (nSPS) is 22.6. The maximum absolute atomic E-state index is 13.3. The molecule has 158 valence electrons. The van der Waals surface area contributed by atoms with Crippen LogP contribution in [0.15, 0.2) is 48.5 Å². The average molecular weight is 413 g/mol. The maximum atomic E-state index is 13.3. The quantitative estimate of drug-likeness (QED) is 0.774. The number of amides is 2. The number of benzene rings is 2. The van der Waals surface area contributed by atoms with Gasteiger partial charge >= 0.3 is 0 Å². The van der Waals surface area contributed by atoms with E-state index in [1.165, 1.54) is 24.3 Å². The molecule has 0 unspecified atom stereocenters. The van der Waals surface area contributed by atoms with Crippen LogP contribution in [0.1, 0.15) is 23.6 Å². The summed E-state index contributed by atoms with van der Waals surface area (Å²) in [6.07, 6.45) is 0.174. The van der Waals surface area contributed by atoms with E-state index in [1.54, 1.807) is 36.2 Å². The molecule has 2 aliphatic rings. The number of nitrogens with zero attached hydrogens (tertiary/aromatic N) is 3. The van der Waals surface area contributed by atoms with Crippen molar-refractivity contribution in [1.29, 1.82) is 0 Å². The van der Waals surface area contributed by atoms with E-state index in [1.807, 2.05) is 4.90 Å². The van der Waals surface area contributed by atoms with Gasteiger partial charge in [-0.15, -0.1) is 0 Å². The number of carbonyl (C=O) groups is 2. The molecule has 2 amide bonds. The van der Waals surface area contributed by atoms with Crippen molar-refractivity contribution in [2.24, 2.45) is 5.92 Å². The summed E-state index contributed by atoms with van der Waals surface area (Å²) < 4.78 is 26.4. The summed E-state index contributed by atoms with van der Waals surface area (Å²) in [7, 11) is 1.70. The van der Waals surface area contributed by atoms with E-state index in [2.05, 4.69) is 4.90 Å². The molecule has 30 heavy (non-hydrogen) atoms. The number of piperazine rings is 1. The maximum Gasteiger partial charge on any atom is 0.228 e. The Labute approximate surface area is 174 Å². The first-order valence-corrected chi connectivity index (χ1v) is 10.2. The summed E-state index contributed by atoms with van der Waals surface area (Å²) in [5.41, 5.74) is 1.81. The van der Waals surface area contributed by atoms with Crippen molar-refractivity contribution in [2.75, 3.05) is 33.2 Å². The smallest absolute Gasteiger partial charge is 0.228 e. The molecule has 4 rings (SSSR count). The minimum atomic E-state index is -0.461. The topological polar surface area (TPSA) is 43.9 Å². The van der Waals surface area contributed by atoms with Gasteiger partial charge in [0.15, 0.2) is 0 Å². The third kappa shape index (κ3) is 4.21. The van der Waals surface area contributed by atoms with Gasteiger partial charge < -0.3 is 9.80 Å². The van der Waals surface area contributed by atoms with Gasteiger partial charge in [-0.05, 0) is 35.4 Å². The van der Waals surface area contributed by atoms with Crippen molar-refractivity contribution in [3.05, 3.63) is 71.3 Å². The Balaban J connectivity index is 1.40. The molecule has 2 heterocycles. The van der Waals surface area contributed by atoms with Crippen LogP contribution in [0.3, 0.4) is 0 Å². The zero-order valence-corrected chi connectivity index (χ0v) is 16.9. The first-order chi connectivity index (χ1) is 14.4. The van der Waals surface area contributed by atoms with Crippen molar-refractivity contribution < 1.29 is 18.4 Å². The summed E-state index contributed by atoms with van der Waals surface area (Å²) in [5, 5.41) is 0. The number of carbonyl (C=O) groups excluding carboxylic acids is 2. The van der Waals surface area contributed by atoms with Gasteiger partial charge in [0, 0.05) is 46.2 Å². The SMILES string of the molecule is CN1C(=O)C[C@H](C(=O)N2CCN(Cc3ccc(F)cc3)CC2)[C@@H]1c1ccc(F)cc1. The minimum absolute atomic E-state index is 0.0246. The predicted octanol–water partition coefficient (Wildman–Crippen LogP) is 2.83. The standard InChI is InChI=1S/C23H25F2N3O2/c1-26-21(29)14-20(22(26)17-4-8-19(25)9-5-17)23(30)28-12-10-27(11-13-28)15-16-2-6-18(24)7-3-16/h2-9,20,22H,10-15H2,1H3/t20-,22-/m0/s1. The number of halogens is 2. The Morgan fingerprint density at radius 2 is 1.50 bits per heavy atom. The largest absolute Gasteiger partial charge is 0.340 e. The lowest BCUT2D eigenvalue weighted by Gasteiger charge is -2.37. The van der Waals surface area contributed by atoms with Crippen LogP contribution in [0, 0.1) is 17.6 Å². The average Bonchev–Trinajstić information content (AvgIpc) is 3.05. The summed E-state index contributed by atoms with van der Waals surface area (Å²) in [6.45, 7) is 3.34. The summed E-state index contributed by atoms with van der Waals surface area (Å²) in [5.74, 6) is -1.15. The Kier molecular flexibility index (Phi) is 5.81. The Morgan fingerprint density at radius 3 is 2.10 bits per heavy atom. The van der Waals surface area contributed by atoms with Gasteiger partial charge in [0.1, 0.15) is 11.6 Å². The van der Waals surface area contributed by atoms with Crippen LogP contribution in [0.5, 0.6) is 0 Å². The van der Waals surface area contributed by atoms with Crippen LogP contribution >= 0.6 is 0 Å². The highest BCUT2D eigenvalue weighted by Gasteiger charge is 2.44. The van der Waals surface area contributed by atoms with Gasteiger partial charge in [0.2, 0.25) is 11.8 Å². The van der Waals surface area contributed by atoms with E-state index >= 15 is 0 Å². The highest BCUT2D eigenvalue weighted by molar-refractivity contribution is 5.90. The van der Waals surface area contributed by atoms with Crippen LogP contribution in [0.4, 0.5) is 8.78 Å². The molecule has 2 fully saturated rings. The fourth-order valence-electron chi connectivity index (χ4n) is 4.42. The van der Waals surface area contributed by atoms with Crippen molar-refractivity contribution >= 4 is 11.8 Å². The molecule has 2 aliphatic heterocycles. The first-order valence-electron chi connectivity index (χ1n) is 10.2. The van der Waals surface area contributed by atoms with E-state index in [0.717, 1.165) is 24.2 Å². The molecule has 0 saturated carbocycles. The van der Waals surface area contributed by atoms with E-state index in [9.17, 15) is 18.4 Å². The minimum Gasteiger partial charge on any atom is -0.340 e. The number of rotatable bonds is 4. The fraction of sp³-hybridized carbons (Fsp3) is 0.391. The summed E-state index contributed by atoms with van der Waals surface area (Å²) >= 11 is 0. The molecule has 0 radical (unpaired) electrons. The lowest BCUT2D eigenvalue weighted by atomic mass is 9.92. The number of hydrogen-bond acceptors (Lipinski definition) is 3. The highest BCUT2D eigenvalue weighted by atomic mass is 19.1. The van der Waals surface area contributed by atoms with Crippen LogP contribution in [0.25, 0.3) is 0 Å². The van der Waals surface area contributed by atoms with Gasteiger partial charge in [-0.2, -0.15) is 0 Å². The van der Waals surface area contributed by atoms with Crippen molar-refractivity contribution in [1.82, 2.24) is 14.7 Å². The lowest BCUT2D eigenvalue weighted by molar-refractivity contribution is -0.138. The molecule has 5 nitrogen and oxygen atoms in total. The Bertz CT molecular complexity index is 909. The predicted molar refractivity (Wildman–Crippen MR) is 108 cm³/mol. The van der Waals surface area contributed by atoms with Gasteiger partial charge in [0.05, 0.1) is 12.0 Å². The zero-order chi connectivity index (χ0) is 21.3. The van der Waals surface area contributed by atoms with Crippen molar-refractivity contribution in [3.63, 3.8) is 0 Å². The first kappa shape index (κ1) is 20.5. The van der Waals surface area contributed by atoms with Crippen molar-refractivity contribution in [2.45, 2.75) is 19.0 Å². The van der Waals surface area contributed by atoms with Crippen LogP contribution < -0.4 is 0 Å². The van der Waals surface area contributed by atoms with E-state index in [4.69, 9.17) is 0 Å². The van der Waals surface area contributed by atoms with Crippen LogP contribution in [0.2, 0.25) is 0 Å². The highest BCUT2D eigenvalue weighted by Crippen LogP contribution is 2.38. The third-order valence-electron chi connectivity index (χ3n) is 6.12. The zero-order valence-electron chi connectivity index (χ0n) is 16.9. The second-order valence-corrected chi connectivity index (χ2v) is 8.04. The second-order valence-electron chi connectivity index (χ2n) is 8.04. The van der Waals surface area contributed by atoms with E-state index < -0.39 is 5.92 Å². The fourth-order valence-corrected chi connectivity index (χ4v) is 4.42. The molecule has 0 bridgehead atoms. The van der Waals surface area contributed by atoms with Gasteiger partial charge in [0.25, 0.3) is 0 Å². The summed E-state index contributed by atoms with van der Waals surface area (Å²) in [6, 6.07) is 12.1. The number of hydrogen-bond donors (Lipinski definition) is 0. The van der Waals surface area contributed by atoms with Crippen molar-refractivity contribution in [3.8, 4) is 0 Å². The third-order valence-corrected chi connectivity index (χ3v) is 6.12. The van der Waals surface area contributed by atoms with Crippen LogP contribution in [-0.2, 0) is 16.1 Å². The Morgan fingerprint density at radius 1 is 0.933 bits per heavy atom. The molecule has 0 N–H and O–H groups in total. The molecule has 0 aliphatic carbocycles. The second kappa shape index (κ2) is 8.52. The van der Waals surface area contributed by atoms with Gasteiger partial charge in [-0.3, -0.25) is 14.5 Å². The molecule has 2 saturated heterocycles. The molecule has 0 aromatic heterocycles. The molecule has 7 heteroatoms. The number of likely N-dealkylation sites (tertiary alicyclic amines) is 1. The molecule has 2 atom stereocenters. The molecule has 2 aromatic rings. The monoisotopic (exact) mass is 413 g/mol. The lowest BCUT2D eigenvalue weighted by Crippen LogP contribution is -2.50. The van der Waals surface area contributed by atoms with Gasteiger partial charge in [-0.1, -0.05) is 24.3 Å². The molecule has 0 spiro atoms. The Hall–Kier alpha value is -2.80. The van der Waals surface area contributed by atoms with E-state index in [-0.39, 0.29) is 35.9 Å². The molecular weight excluding hydrogens is 388 g/mol. The van der Waals surface area contributed by atoms with E-state index in [0.29, 0.717) is 19.6 Å².